The summed E-state index contributed by atoms with van der Waals surface area (Å²) in [5.74, 6) is 1.04. The first-order valence-corrected chi connectivity index (χ1v) is 13.0. The molecule has 6 nitrogen and oxygen atoms in total. The Hall–Kier alpha value is -2.98. The largest absolute Gasteiger partial charge is 0.435 e. The van der Waals surface area contributed by atoms with E-state index in [1.807, 2.05) is 54.6 Å². The fourth-order valence-corrected chi connectivity index (χ4v) is 4.64. The smallest absolute Gasteiger partial charge is 0.227 e. The van der Waals surface area contributed by atoms with E-state index in [-0.39, 0.29) is 4.90 Å². The lowest BCUT2D eigenvalue weighted by Crippen LogP contribution is -2.16. The summed E-state index contributed by atoms with van der Waals surface area (Å²) in [5.41, 5.74) is 3.01. The molecule has 0 aliphatic carbocycles. The summed E-state index contributed by atoms with van der Waals surface area (Å²) < 4.78 is 30.2. The molecule has 0 atom stereocenters. The fourth-order valence-electron chi connectivity index (χ4n) is 3.12. The predicted octanol–water partition coefficient (Wildman–Crippen LogP) is 5.78. The lowest BCUT2D eigenvalue weighted by Gasteiger charge is -2.10. The van der Waals surface area contributed by atoms with Gasteiger partial charge in [-0.25, -0.2) is 18.5 Å². The first-order chi connectivity index (χ1) is 15.7. The van der Waals surface area contributed by atoms with Crippen LogP contribution >= 0.6 is 24.0 Å². The third kappa shape index (κ3) is 5.33. The highest BCUT2D eigenvalue weighted by Gasteiger charge is 2.19. The van der Waals surface area contributed by atoms with Gasteiger partial charge in [0.25, 0.3) is 0 Å². The van der Waals surface area contributed by atoms with Gasteiger partial charge >= 0.3 is 0 Å². The molecule has 0 unspecified atom stereocenters. The summed E-state index contributed by atoms with van der Waals surface area (Å²) in [6.07, 6.45) is 1.18. The average Bonchev–Trinajstić information content (AvgIpc) is 3.25. The summed E-state index contributed by atoms with van der Waals surface area (Å²) >= 11 is 6.39. The van der Waals surface area contributed by atoms with Gasteiger partial charge < -0.3 is 4.42 Å². The van der Waals surface area contributed by atoms with Crippen LogP contribution < -0.4 is 0 Å². The number of thioether (sulfide) groups is 1. The van der Waals surface area contributed by atoms with Crippen LogP contribution in [-0.4, -0.2) is 41.3 Å². The van der Waals surface area contributed by atoms with Gasteiger partial charge in [0.15, 0.2) is 19.9 Å². The Morgan fingerprint density at radius 2 is 1.55 bits per heavy atom. The van der Waals surface area contributed by atoms with Crippen LogP contribution in [0.25, 0.3) is 34.0 Å². The van der Waals surface area contributed by atoms with E-state index in [1.54, 1.807) is 24.3 Å². The molecule has 0 aliphatic heterocycles. The number of hydrogen-bond donors (Lipinski definition) is 1. The molecule has 4 aromatic rings. The SMILES string of the molecule is CN(O)C(=S)Sc1ccc(-c2nc(-c3ccc(S(C)(=O)=O)cc3)c(-c3ccccc3)o2)cc1. The number of hydroxylamine groups is 2. The minimum absolute atomic E-state index is 0.246. The molecule has 4 rings (SSSR count). The third-order valence-electron chi connectivity index (χ3n) is 4.79. The van der Waals surface area contributed by atoms with Gasteiger partial charge in [-0.1, -0.05) is 66.4 Å². The van der Waals surface area contributed by atoms with Gasteiger partial charge in [-0.3, -0.25) is 5.21 Å². The summed E-state index contributed by atoms with van der Waals surface area (Å²) in [6.45, 7) is 0. The van der Waals surface area contributed by atoms with Crippen LogP contribution in [0.4, 0.5) is 0 Å². The molecule has 1 aromatic heterocycles. The van der Waals surface area contributed by atoms with Crippen LogP contribution in [-0.2, 0) is 9.84 Å². The molecule has 0 bridgehead atoms. The molecule has 0 saturated carbocycles. The maximum atomic E-state index is 11.8. The van der Waals surface area contributed by atoms with E-state index >= 15 is 0 Å². The Kier molecular flexibility index (Phi) is 6.66. The Morgan fingerprint density at radius 3 is 2.12 bits per heavy atom. The van der Waals surface area contributed by atoms with E-state index in [1.165, 1.54) is 25.1 Å². The maximum Gasteiger partial charge on any atom is 0.227 e. The molecule has 0 spiro atoms. The average molecular weight is 497 g/mol. The highest BCUT2D eigenvalue weighted by atomic mass is 32.2. The molecule has 0 aliphatic rings. The number of nitrogens with zero attached hydrogens (tertiary/aromatic N) is 2. The zero-order valence-corrected chi connectivity index (χ0v) is 20.2. The number of hydrogen-bond acceptors (Lipinski definition) is 7. The van der Waals surface area contributed by atoms with Crippen molar-refractivity contribution in [1.82, 2.24) is 10.0 Å². The van der Waals surface area contributed by atoms with Crippen molar-refractivity contribution in [1.29, 1.82) is 0 Å². The van der Waals surface area contributed by atoms with Crippen molar-refractivity contribution in [3.8, 4) is 34.0 Å². The molecule has 1 N–H and O–H groups in total. The first-order valence-electron chi connectivity index (χ1n) is 9.84. The minimum atomic E-state index is -3.29. The van der Waals surface area contributed by atoms with Crippen LogP contribution in [0.5, 0.6) is 0 Å². The van der Waals surface area contributed by atoms with Crippen molar-refractivity contribution in [2.24, 2.45) is 0 Å². The fraction of sp³-hybridized carbons (Fsp3) is 0.0833. The third-order valence-corrected chi connectivity index (χ3v) is 7.38. The molecule has 0 amide bonds. The van der Waals surface area contributed by atoms with Gasteiger partial charge in [0.2, 0.25) is 5.89 Å². The summed E-state index contributed by atoms with van der Waals surface area (Å²) in [4.78, 5) is 5.86. The number of rotatable bonds is 5. The highest BCUT2D eigenvalue weighted by molar-refractivity contribution is 8.22. The standard InChI is InChI=1S/C24H20N2O4S3/c1-26(27)24(31)32-19-12-8-18(9-13-19)23-25-21(22(30-23)17-6-4-3-5-7-17)16-10-14-20(15-11-16)33(2,28)29/h3-15,27H,1-2H3. The van der Waals surface area contributed by atoms with Crippen molar-refractivity contribution in [3.05, 3.63) is 78.9 Å². The maximum absolute atomic E-state index is 11.8. The summed E-state index contributed by atoms with van der Waals surface area (Å²) in [6, 6.07) is 23.7. The van der Waals surface area contributed by atoms with Gasteiger partial charge in [0.1, 0.15) is 5.69 Å². The quantitative estimate of drug-likeness (QED) is 0.212. The molecular weight excluding hydrogens is 476 g/mol. The second-order valence-corrected chi connectivity index (χ2v) is 11.0. The Balaban J connectivity index is 1.74. The molecule has 9 heteroatoms. The molecular formula is C24H20N2O4S3. The van der Waals surface area contributed by atoms with Crippen molar-refractivity contribution in [2.75, 3.05) is 13.3 Å². The molecule has 33 heavy (non-hydrogen) atoms. The monoisotopic (exact) mass is 496 g/mol. The molecule has 0 fully saturated rings. The molecule has 168 valence electrons. The Bertz CT molecular complexity index is 1380. The van der Waals surface area contributed by atoms with Gasteiger partial charge in [-0.2, -0.15) is 0 Å². The number of aromatic nitrogens is 1. The Morgan fingerprint density at radius 1 is 0.939 bits per heavy atom. The number of sulfone groups is 1. The number of benzene rings is 3. The second kappa shape index (κ2) is 9.48. The Labute approximate surface area is 201 Å². The molecule has 1 heterocycles. The van der Waals surface area contributed by atoms with Gasteiger partial charge in [0.05, 0.1) is 4.90 Å². The molecule has 3 aromatic carbocycles. The zero-order valence-electron chi connectivity index (χ0n) is 17.8. The van der Waals surface area contributed by atoms with Crippen LogP contribution in [0.1, 0.15) is 0 Å². The van der Waals surface area contributed by atoms with Gasteiger partial charge in [-0.15, -0.1) is 0 Å². The van der Waals surface area contributed by atoms with E-state index in [4.69, 9.17) is 21.6 Å². The van der Waals surface area contributed by atoms with E-state index in [0.29, 0.717) is 21.7 Å². The van der Waals surface area contributed by atoms with Crippen LogP contribution in [0.15, 0.2) is 93.1 Å². The van der Waals surface area contributed by atoms with Crippen LogP contribution in [0, 0.1) is 0 Å². The van der Waals surface area contributed by atoms with Crippen LogP contribution in [0.2, 0.25) is 0 Å². The molecule has 0 saturated heterocycles. The van der Waals surface area contributed by atoms with E-state index in [2.05, 4.69) is 0 Å². The van der Waals surface area contributed by atoms with Crippen molar-refractivity contribution >= 4 is 38.1 Å². The van der Waals surface area contributed by atoms with E-state index in [0.717, 1.165) is 26.6 Å². The predicted molar refractivity (Wildman–Crippen MR) is 134 cm³/mol. The lowest BCUT2D eigenvalue weighted by molar-refractivity contribution is 0.0205. The van der Waals surface area contributed by atoms with Crippen molar-refractivity contribution in [3.63, 3.8) is 0 Å². The summed E-state index contributed by atoms with van der Waals surface area (Å²) in [7, 11) is -1.82. The van der Waals surface area contributed by atoms with Gasteiger partial charge in [0, 0.05) is 34.9 Å². The van der Waals surface area contributed by atoms with Crippen LogP contribution in [0.3, 0.4) is 0 Å². The van der Waals surface area contributed by atoms with E-state index < -0.39 is 9.84 Å². The highest BCUT2D eigenvalue weighted by Crippen LogP contribution is 2.36. The lowest BCUT2D eigenvalue weighted by atomic mass is 10.1. The van der Waals surface area contributed by atoms with Gasteiger partial charge in [-0.05, 0) is 36.4 Å². The first kappa shape index (κ1) is 23.2. The van der Waals surface area contributed by atoms with Crippen molar-refractivity contribution < 1.29 is 18.0 Å². The van der Waals surface area contributed by atoms with Crippen molar-refractivity contribution in [2.45, 2.75) is 9.79 Å². The summed E-state index contributed by atoms with van der Waals surface area (Å²) in [5, 5.41) is 10.3. The molecule has 0 radical (unpaired) electrons. The second-order valence-electron chi connectivity index (χ2n) is 7.28. The number of oxazole rings is 1. The topological polar surface area (TPSA) is 83.6 Å². The minimum Gasteiger partial charge on any atom is -0.435 e. The normalized spacial score (nSPS) is 11.4. The number of thiocarbonyl (C=S) groups is 1. The zero-order chi connectivity index (χ0) is 23.6. The van der Waals surface area contributed by atoms with E-state index in [9.17, 15) is 13.6 Å².